The first-order chi connectivity index (χ1) is 16.0. The minimum Gasteiger partial charge on any atom is -0.508 e. The van der Waals surface area contributed by atoms with Crippen molar-refractivity contribution < 1.29 is 29.4 Å². The molecule has 6 N–H and O–H groups in total. The first-order valence-corrected chi connectivity index (χ1v) is 11.1. The Hall–Kier alpha value is -2.56. The van der Waals surface area contributed by atoms with Gasteiger partial charge in [-0.2, -0.15) is 0 Å². The molecule has 1 fully saturated rings. The molecule has 5 atom stereocenters. The topological polar surface area (TPSA) is 177 Å². The lowest BCUT2D eigenvalue weighted by Gasteiger charge is -2.17. The Morgan fingerprint density at radius 3 is 2.18 bits per heavy atom. The van der Waals surface area contributed by atoms with Gasteiger partial charge < -0.3 is 30.3 Å². The fourth-order valence-corrected chi connectivity index (χ4v) is 2.77. The molecule has 1 aliphatic rings. The molecule has 5 unspecified atom stereocenters. The average Bonchev–Trinajstić information content (AvgIpc) is 3.16. The summed E-state index contributed by atoms with van der Waals surface area (Å²) < 4.78 is 11.6. The molecule has 0 amide bonds. The van der Waals surface area contributed by atoms with Crippen LogP contribution in [-0.2, 0) is 14.3 Å². The van der Waals surface area contributed by atoms with E-state index in [4.69, 9.17) is 30.3 Å². The molecule has 1 saturated heterocycles. The molecule has 12 heteroatoms. The van der Waals surface area contributed by atoms with Crippen molar-refractivity contribution >= 4 is 15.4 Å². The van der Waals surface area contributed by atoms with E-state index in [-0.39, 0.29) is 30.7 Å². The van der Waals surface area contributed by atoms with E-state index < -0.39 is 23.5 Å². The summed E-state index contributed by atoms with van der Waals surface area (Å²) in [4.78, 5) is 42.1. The predicted molar refractivity (Wildman–Crippen MR) is 131 cm³/mol. The van der Waals surface area contributed by atoms with Crippen molar-refractivity contribution in [3.63, 3.8) is 0 Å². The van der Waals surface area contributed by atoms with Crippen molar-refractivity contribution in [2.24, 2.45) is 11.7 Å². The number of hydrogen-bond acceptors (Lipinski definition) is 9. The van der Waals surface area contributed by atoms with Gasteiger partial charge in [0.25, 0.3) is 5.56 Å². The Labute approximate surface area is 200 Å². The van der Waals surface area contributed by atoms with E-state index in [2.05, 4.69) is 4.98 Å². The monoisotopic (exact) mass is 501 g/mol. The van der Waals surface area contributed by atoms with Gasteiger partial charge in [-0.05, 0) is 48.8 Å². The van der Waals surface area contributed by atoms with Crippen molar-refractivity contribution in [3.05, 3.63) is 63.4 Å². The summed E-state index contributed by atoms with van der Waals surface area (Å²) in [5.41, 5.74) is 4.30. The lowest BCUT2D eigenvalue weighted by Crippen LogP contribution is -2.33. The van der Waals surface area contributed by atoms with Crippen molar-refractivity contribution in [1.29, 1.82) is 0 Å². The number of esters is 1. The minimum absolute atomic E-state index is 0.0566. The number of nitrogens with two attached hydrogens (primary N) is 1. The Kier molecular flexibility index (Phi) is 15.7. The number of nitrogens with zero attached hydrogens (tertiary/aromatic N) is 1. The zero-order chi connectivity index (χ0) is 26.3. The second kappa shape index (κ2) is 17.0. The minimum atomic E-state index is -0.507. The molecule has 34 heavy (non-hydrogen) atoms. The number of benzene rings is 1. The van der Waals surface area contributed by atoms with Crippen LogP contribution in [0.2, 0.25) is 0 Å². The maximum Gasteiger partial charge on any atom is 0.330 e. The molecule has 0 spiro atoms. The number of aromatic nitrogens is 2. The van der Waals surface area contributed by atoms with Crippen molar-refractivity contribution in [2.45, 2.75) is 58.6 Å². The normalized spacial score (nSPS) is 19.4. The van der Waals surface area contributed by atoms with Crippen LogP contribution in [0, 0.1) is 5.92 Å². The zero-order valence-electron chi connectivity index (χ0n) is 19.8. The molecular formula is C22H36N3O8P. The van der Waals surface area contributed by atoms with E-state index in [9.17, 15) is 14.4 Å². The maximum absolute atomic E-state index is 11.5. The van der Waals surface area contributed by atoms with Crippen LogP contribution in [0.4, 0.5) is 0 Å². The molecule has 3 rings (SSSR count). The van der Waals surface area contributed by atoms with Gasteiger partial charge in [-0.25, -0.2) is 4.79 Å². The second-order valence-electron chi connectivity index (χ2n) is 7.67. The molecule has 2 heterocycles. The number of H-pyrrole nitrogens is 1. The number of aromatic amines is 1. The first-order valence-electron chi connectivity index (χ1n) is 10.6. The highest BCUT2D eigenvalue weighted by molar-refractivity contribution is 7.08. The van der Waals surface area contributed by atoms with E-state index in [1.807, 2.05) is 13.0 Å². The number of aliphatic hydroxyl groups is 1. The number of ether oxygens (including phenoxy) is 2. The molecule has 1 aromatic heterocycles. The van der Waals surface area contributed by atoms with E-state index in [0.717, 1.165) is 0 Å². The van der Waals surface area contributed by atoms with Crippen molar-refractivity contribution in [1.82, 2.24) is 9.55 Å². The smallest absolute Gasteiger partial charge is 0.330 e. The third-order valence-corrected chi connectivity index (χ3v) is 4.26. The molecule has 1 aromatic carbocycles. The van der Waals surface area contributed by atoms with Gasteiger partial charge in [0.1, 0.15) is 18.0 Å². The Morgan fingerprint density at radius 2 is 1.82 bits per heavy atom. The van der Waals surface area contributed by atoms with E-state index in [0.29, 0.717) is 12.2 Å². The van der Waals surface area contributed by atoms with Crippen LogP contribution < -0.4 is 17.0 Å². The van der Waals surface area contributed by atoms with E-state index >= 15 is 0 Å². The zero-order valence-corrected chi connectivity index (χ0v) is 21.0. The van der Waals surface area contributed by atoms with Crippen LogP contribution in [0.3, 0.4) is 0 Å². The summed E-state index contributed by atoms with van der Waals surface area (Å²) in [6, 6.07) is 9.49. The number of rotatable bonds is 4. The molecule has 2 aromatic rings. The van der Waals surface area contributed by atoms with Crippen molar-refractivity contribution in [3.8, 4) is 5.75 Å². The number of nitrogens with one attached hydrogen (secondary N) is 1. The molecule has 11 nitrogen and oxygen atoms in total. The number of carbonyl (C=O) groups is 1. The van der Waals surface area contributed by atoms with Gasteiger partial charge in [0.15, 0.2) is 0 Å². The van der Waals surface area contributed by atoms with Crippen LogP contribution in [-0.4, -0.2) is 55.5 Å². The standard InChI is InChI=1S/C10H14N2O4.C6H13NO2.C6H6O.H3OP/c1-6-4-7(5-13)16-9(6)12-3-2-8(14)11-10(12)15;1-4(2)9-6(8)5(3)7;7-6-4-2-1-3-5-6;1-2/h2-3,6-7,9,13H,4-5H2,1H3,(H,11,14,15);4-5H,7H2,1-3H3;1-5,7H;1H,2H2. The maximum atomic E-state index is 11.5. The largest absolute Gasteiger partial charge is 0.508 e. The molecular weight excluding hydrogens is 465 g/mol. The third kappa shape index (κ3) is 12.1. The Balaban J connectivity index is 0.000000513. The molecule has 1 aliphatic heterocycles. The third-order valence-electron chi connectivity index (χ3n) is 4.26. The quantitative estimate of drug-likeness (QED) is 0.301. The highest BCUT2D eigenvalue weighted by Gasteiger charge is 2.33. The Bertz CT molecular complexity index is 933. The van der Waals surface area contributed by atoms with Gasteiger partial charge in [-0.15, -0.1) is 0 Å². The van der Waals surface area contributed by atoms with Crippen LogP contribution in [0.15, 0.2) is 52.2 Å². The molecule has 0 aliphatic carbocycles. The predicted octanol–water partition coefficient (Wildman–Crippen LogP) is 0.899. The van der Waals surface area contributed by atoms with Gasteiger partial charge in [0.05, 0.1) is 18.8 Å². The average molecular weight is 502 g/mol. The fourth-order valence-electron chi connectivity index (χ4n) is 2.77. The summed E-state index contributed by atoms with van der Waals surface area (Å²) in [6.45, 7) is 7.07. The summed E-state index contributed by atoms with van der Waals surface area (Å²) in [5.74, 6) is 0.105. The van der Waals surface area contributed by atoms with Gasteiger partial charge in [0, 0.05) is 18.2 Å². The SMILES string of the molecule is CC(C)OC(=O)C(C)N.CC1CC(CO)OC1n1ccc(=O)[nH]c1=O.OP.Oc1ccccc1. The van der Waals surface area contributed by atoms with Crippen molar-refractivity contribution in [2.75, 3.05) is 6.61 Å². The number of aromatic hydroxyl groups is 1. The number of carbonyl (C=O) groups excluding carboxylic acids is 1. The van der Waals surface area contributed by atoms with Gasteiger partial charge >= 0.3 is 11.7 Å². The van der Waals surface area contributed by atoms with Crippen LogP contribution in [0.25, 0.3) is 0 Å². The fraction of sp³-hybridized carbons (Fsp3) is 0.500. The molecule has 0 bridgehead atoms. The van der Waals surface area contributed by atoms with Crippen LogP contribution >= 0.6 is 9.47 Å². The molecule has 192 valence electrons. The highest BCUT2D eigenvalue weighted by atomic mass is 31.0. The number of hydrogen-bond donors (Lipinski definition) is 5. The number of aliphatic hydroxyl groups excluding tert-OH is 1. The van der Waals surface area contributed by atoms with Crippen LogP contribution in [0.1, 0.15) is 40.3 Å². The number of para-hydroxylation sites is 1. The lowest BCUT2D eigenvalue weighted by atomic mass is 10.1. The number of phenolic OH excluding ortho intramolecular Hbond substituents is 1. The van der Waals surface area contributed by atoms with Crippen LogP contribution in [0.5, 0.6) is 5.75 Å². The van der Waals surface area contributed by atoms with Gasteiger partial charge in [-0.3, -0.25) is 19.1 Å². The summed E-state index contributed by atoms with van der Waals surface area (Å²) in [6.07, 6.45) is 1.40. The first kappa shape index (κ1) is 31.4. The summed E-state index contributed by atoms with van der Waals surface area (Å²) in [5, 5.41) is 17.6. The second-order valence-corrected chi connectivity index (χ2v) is 7.67. The van der Waals surface area contributed by atoms with E-state index in [1.165, 1.54) is 26.3 Å². The van der Waals surface area contributed by atoms with Gasteiger partial charge in [0.2, 0.25) is 0 Å². The highest BCUT2D eigenvalue weighted by Crippen LogP contribution is 2.32. The van der Waals surface area contributed by atoms with E-state index in [1.54, 1.807) is 45.0 Å². The molecule has 0 saturated carbocycles. The summed E-state index contributed by atoms with van der Waals surface area (Å²) >= 11 is 0. The Morgan fingerprint density at radius 1 is 1.24 bits per heavy atom. The molecule has 0 radical (unpaired) electrons. The lowest BCUT2D eigenvalue weighted by molar-refractivity contribution is -0.148. The number of phenols is 1. The van der Waals surface area contributed by atoms with Gasteiger partial charge in [-0.1, -0.05) is 25.1 Å². The summed E-state index contributed by atoms with van der Waals surface area (Å²) in [7, 11) is 1.42.